The smallest absolute Gasteiger partial charge is 0.310 e. The van der Waals surface area contributed by atoms with Gasteiger partial charge in [-0.15, -0.1) is 18.3 Å². The first-order valence-corrected chi connectivity index (χ1v) is 13.5. The third-order valence-corrected chi connectivity index (χ3v) is 10.2. The van der Waals surface area contributed by atoms with E-state index < -0.39 is 22.6 Å². The summed E-state index contributed by atoms with van der Waals surface area (Å²) in [5, 5.41) is 9.36. The largest absolute Gasteiger partial charge is 0.466 e. The number of amides is 2. The fraction of sp³-hybridized carbons (Fsp3) is 0.560. The van der Waals surface area contributed by atoms with Crippen molar-refractivity contribution >= 4 is 45.5 Å². The summed E-state index contributed by atoms with van der Waals surface area (Å²) < 4.78 is 4.65. The van der Waals surface area contributed by atoms with E-state index in [-0.39, 0.29) is 47.6 Å². The molecule has 1 N–H and O–H groups in total. The summed E-state index contributed by atoms with van der Waals surface area (Å²) in [6.07, 6.45) is 2.68. The Balaban J connectivity index is 1.72. The number of halogens is 1. The lowest BCUT2D eigenvalue weighted by atomic mass is 9.71. The lowest BCUT2D eigenvalue weighted by molar-refractivity contribution is -0.153. The highest BCUT2D eigenvalue weighted by atomic mass is 79.9. The number of esters is 1. The number of alkyl halides is 1. The zero-order valence-electron chi connectivity index (χ0n) is 19.3. The van der Waals surface area contributed by atoms with Crippen LogP contribution in [-0.2, 0) is 25.7 Å². The second-order valence-corrected chi connectivity index (χ2v) is 11.7. The second kappa shape index (κ2) is 10.4. The normalized spacial score (nSPS) is 31.4. The van der Waals surface area contributed by atoms with Gasteiger partial charge in [0, 0.05) is 36.3 Å². The molecular weight excluding hydrogens is 520 g/mol. The number of likely N-dealkylation sites (tertiary alicyclic amines) is 1. The molecule has 0 aromatic heterocycles. The Morgan fingerprint density at radius 1 is 1.38 bits per heavy atom. The molecule has 2 amide bonds. The monoisotopic (exact) mass is 550 g/mol. The molecule has 6 atom stereocenters. The van der Waals surface area contributed by atoms with Gasteiger partial charge in [-0.1, -0.05) is 52.3 Å². The Morgan fingerprint density at radius 2 is 2.12 bits per heavy atom. The molecule has 1 aromatic carbocycles. The van der Waals surface area contributed by atoms with E-state index in [9.17, 15) is 19.5 Å². The number of carbonyl (C=O) groups is 3. The number of nitrogens with zero attached hydrogens (tertiary/aromatic N) is 2. The molecule has 0 radical (unpaired) electrons. The molecule has 2 bridgehead atoms. The van der Waals surface area contributed by atoms with E-state index in [4.69, 9.17) is 4.74 Å². The average Bonchev–Trinajstić information content (AvgIpc) is 3.41. The number of hydrogen-bond donors (Lipinski definition) is 1. The van der Waals surface area contributed by atoms with Crippen LogP contribution in [0.15, 0.2) is 43.0 Å². The number of thioether (sulfide) groups is 1. The van der Waals surface area contributed by atoms with Gasteiger partial charge >= 0.3 is 5.97 Å². The highest BCUT2D eigenvalue weighted by molar-refractivity contribution is 9.09. The summed E-state index contributed by atoms with van der Waals surface area (Å²) in [4.78, 5) is 44.3. The van der Waals surface area contributed by atoms with Crippen molar-refractivity contribution in [2.75, 3.05) is 26.3 Å². The summed E-state index contributed by atoms with van der Waals surface area (Å²) in [6.45, 7) is 6.77. The van der Waals surface area contributed by atoms with Gasteiger partial charge in [-0.3, -0.25) is 14.4 Å². The van der Waals surface area contributed by atoms with E-state index in [1.54, 1.807) is 34.6 Å². The zero-order valence-corrected chi connectivity index (χ0v) is 21.7. The quantitative estimate of drug-likeness (QED) is 0.274. The lowest BCUT2D eigenvalue weighted by Crippen LogP contribution is -2.55. The van der Waals surface area contributed by atoms with Gasteiger partial charge in [-0.25, -0.2) is 0 Å². The molecule has 9 heteroatoms. The van der Waals surface area contributed by atoms with Crippen LogP contribution in [0.4, 0.5) is 0 Å². The van der Waals surface area contributed by atoms with Crippen LogP contribution in [0.3, 0.4) is 0 Å². The topological polar surface area (TPSA) is 87.2 Å². The van der Waals surface area contributed by atoms with E-state index in [2.05, 4.69) is 22.5 Å². The van der Waals surface area contributed by atoms with Crippen molar-refractivity contribution in [2.24, 2.45) is 11.8 Å². The standard InChI is InChI=1S/C25H31BrN2O5S/c1-3-11-27(15-16-9-6-5-7-10-16)23(31)21-25-14-17(26)20(34-25)18(24(32)33-4-2)19(25)22(30)28(21)12-8-13-29/h3,5-7,9-10,17-21,29H,1,4,8,11-15H2,2H3/t17?,18-,19+,20-,21?,25?/m1/s1. The highest BCUT2D eigenvalue weighted by Crippen LogP contribution is 2.68. The molecule has 7 nitrogen and oxygen atoms in total. The average molecular weight is 552 g/mol. The number of rotatable bonds is 10. The Morgan fingerprint density at radius 3 is 2.76 bits per heavy atom. The predicted molar refractivity (Wildman–Crippen MR) is 134 cm³/mol. The molecule has 3 saturated heterocycles. The minimum atomic E-state index is -0.713. The summed E-state index contributed by atoms with van der Waals surface area (Å²) in [5.74, 6) is -1.89. The molecule has 3 heterocycles. The van der Waals surface area contributed by atoms with Crippen LogP contribution in [0.2, 0.25) is 0 Å². The molecule has 3 aliphatic rings. The van der Waals surface area contributed by atoms with E-state index in [1.807, 2.05) is 30.3 Å². The number of aliphatic hydroxyl groups is 1. The Labute approximate surface area is 213 Å². The molecule has 0 saturated carbocycles. The molecule has 0 aliphatic carbocycles. The maximum atomic E-state index is 14.2. The molecule has 3 aliphatic heterocycles. The van der Waals surface area contributed by atoms with Crippen LogP contribution in [0.25, 0.3) is 0 Å². The van der Waals surface area contributed by atoms with Crippen molar-refractivity contribution in [2.45, 2.75) is 47.2 Å². The molecule has 4 rings (SSSR count). The first-order chi connectivity index (χ1) is 16.4. The number of hydrogen-bond acceptors (Lipinski definition) is 6. The van der Waals surface area contributed by atoms with Gasteiger partial charge in [-0.2, -0.15) is 0 Å². The van der Waals surface area contributed by atoms with Gasteiger partial charge in [0.25, 0.3) is 0 Å². The Bertz CT molecular complexity index is 946. The van der Waals surface area contributed by atoms with Gasteiger partial charge in [0.05, 0.1) is 23.2 Å². The van der Waals surface area contributed by atoms with Crippen LogP contribution < -0.4 is 0 Å². The van der Waals surface area contributed by atoms with Gasteiger partial charge in [-0.05, 0) is 25.3 Å². The predicted octanol–water partition coefficient (Wildman–Crippen LogP) is 2.61. The molecule has 3 unspecified atom stereocenters. The Kier molecular flexibility index (Phi) is 7.74. The third-order valence-electron chi connectivity index (χ3n) is 7.02. The van der Waals surface area contributed by atoms with Crippen molar-refractivity contribution in [3.05, 3.63) is 48.6 Å². The van der Waals surface area contributed by atoms with E-state index in [0.29, 0.717) is 25.9 Å². The SMILES string of the molecule is C=CCN(Cc1ccccc1)C(=O)C1N(CCCO)C(=O)[C@@H]2[C@@H](C(=O)OCC)[C@@H]3SC12CC3Br. The molecule has 1 aromatic rings. The molecule has 3 fully saturated rings. The van der Waals surface area contributed by atoms with Crippen LogP contribution in [0, 0.1) is 11.8 Å². The Hall–Kier alpha value is -1.84. The van der Waals surface area contributed by atoms with E-state index in [0.717, 1.165) is 5.56 Å². The van der Waals surface area contributed by atoms with E-state index >= 15 is 0 Å². The number of ether oxygens (including phenoxy) is 1. The van der Waals surface area contributed by atoms with Crippen molar-refractivity contribution in [3.8, 4) is 0 Å². The summed E-state index contributed by atoms with van der Waals surface area (Å²) in [7, 11) is 0. The third kappa shape index (κ3) is 4.20. The van der Waals surface area contributed by atoms with Gasteiger partial charge < -0.3 is 19.6 Å². The minimum absolute atomic E-state index is 0.00558. The van der Waals surface area contributed by atoms with E-state index in [1.165, 1.54) is 0 Å². The van der Waals surface area contributed by atoms with Crippen molar-refractivity contribution in [3.63, 3.8) is 0 Å². The number of aliphatic hydroxyl groups excluding tert-OH is 1. The van der Waals surface area contributed by atoms with Crippen molar-refractivity contribution < 1.29 is 24.2 Å². The fourth-order valence-corrected chi connectivity index (χ4v) is 9.36. The summed E-state index contributed by atoms with van der Waals surface area (Å²) in [6, 6.07) is 9.01. The lowest BCUT2D eigenvalue weighted by Gasteiger charge is -2.37. The van der Waals surface area contributed by atoms with Crippen LogP contribution >= 0.6 is 27.7 Å². The highest BCUT2D eigenvalue weighted by Gasteiger charge is 2.76. The zero-order chi connectivity index (χ0) is 24.5. The summed E-state index contributed by atoms with van der Waals surface area (Å²) >= 11 is 5.33. The number of carbonyl (C=O) groups excluding carboxylic acids is 3. The number of benzene rings is 1. The molecule has 1 spiro atoms. The molecular formula is C25H31BrN2O5S. The minimum Gasteiger partial charge on any atom is -0.466 e. The summed E-state index contributed by atoms with van der Waals surface area (Å²) in [5.41, 5.74) is 0.990. The number of fused-ring (bicyclic) bond motifs is 1. The van der Waals surface area contributed by atoms with Crippen molar-refractivity contribution in [1.29, 1.82) is 0 Å². The first kappa shape index (κ1) is 25.3. The maximum Gasteiger partial charge on any atom is 0.310 e. The maximum absolute atomic E-state index is 14.2. The molecule has 34 heavy (non-hydrogen) atoms. The van der Waals surface area contributed by atoms with Crippen molar-refractivity contribution in [1.82, 2.24) is 9.80 Å². The van der Waals surface area contributed by atoms with Gasteiger partial charge in [0.15, 0.2) is 0 Å². The second-order valence-electron chi connectivity index (χ2n) is 9.02. The van der Waals surface area contributed by atoms with Gasteiger partial charge in [0.2, 0.25) is 11.8 Å². The molecule has 184 valence electrons. The fourth-order valence-electron chi connectivity index (χ4n) is 5.76. The van der Waals surface area contributed by atoms with Crippen LogP contribution in [-0.4, -0.2) is 79.9 Å². The van der Waals surface area contributed by atoms with Gasteiger partial charge in [0.1, 0.15) is 6.04 Å². The first-order valence-electron chi connectivity index (χ1n) is 11.7. The van der Waals surface area contributed by atoms with Crippen LogP contribution in [0.5, 0.6) is 0 Å². The van der Waals surface area contributed by atoms with Crippen LogP contribution in [0.1, 0.15) is 25.3 Å².